The Bertz CT molecular complexity index is 1080. The molecule has 9 heteroatoms. The van der Waals surface area contributed by atoms with E-state index in [0.29, 0.717) is 42.3 Å². The van der Waals surface area contributed by atoms with Crippen LogP contribution in [0, 0.1) is 0 Å². The van der Waals surface area contributed by atoms with Gasteiger partial charge in [0, 0.05) is 42.9 Å². The Balaban J connectivity index is 1.29. The molecule has 1 aliphatic heterocycles. The molecule has 3 N–H and O–H groups in total. The van der Waals surface area contributed by atoms with Crippen LogP contribution >= 0.6 is 0 Å². The van der Waals surface area contributed by atoms with E-state index < -0.39 is 0 Å². The van der Waals surface area contributed by atoms with Gasteiger partial charge in [-0.1, -0.05) is 0 Å². The molecule has 0 aliphatic carbocycles. The first-order valence-electron chi connectivity index (χ1n) is 10.5. The molecule has 1 aliphatic rings. The maximum absolute atomic E-state index is 12.8. The lowest BCUT2D eigenvalue weighted by atomic mass is 9.93. The van der Waals surface area contributed by atoms with Gasteiger partial charge >= 0.3 is 0 Å². The molecule has 32 heavy (non-hydrogen) atoms. The Hall–Kier alpha value is -3.88. The maximum Gasteiger partial charge on any atom is 0.272 e. The molecule has 1 aromatic carbocycles. The van der Waals surface area contributed by atoms with Crippen LogP contribution in [0.15, 0.2) is 53.1 Å². The molecule has 0 saturated carbocycles. The molecule has 0 radical (unpaired) electrons. The number of nitrogens with one attached hydrogen (secondary N) is 3. The smallest absolute Gasteiger partial charge is 0.272 e. The number of nitrogens with zero attached hydrogens (tertiary/aromatic N) is 2. The van der Waals surface area contributed by atoms with Gasteiger partial charge in [-0.3, -0.25) is 19.5 Å². The Labute approximate surface area is 185 Å². The van der Waals surface area contributed by atoms with Crippen LogP contribution in [0.3, 0.4) is 0 Å². The van der Waals surface area contributed by atoms with E-state index in [1.54, 1.807) is 48.7 Å². The molecule has 0 spiro atoms. The van der Waals surface area contributed by atoms with Gasteiger partial charge in [0.1, 0.15) is 11.5 Å². The summed E-state index contributed by atoms with van der Waals surface area (Å²) >= 11 is 0. The Morgan fingerprint density at radius 3 is 2.56 bits per heavy atom. The van der Waals surface area contributed by atoms with Crippen molar-refractivity contribution in [3.05, 3.63) is 71.4 Å². The van der Waals surface area contributed by atoms with E-state index in [4.69, 9.17) is 4.42 Å². The molecule has 0 bridgehead atoms. The number of amides is 3. The molecule has 0 atom stereocenters. The average molecular weight is 435 g/mol. The van der Waals surface area contributed by atoms with E-state index in [1.165, 1.54) is 6.92 Å². The Morgan fingerprint density at radius 2 is 1.91 bits per heavy atom. The van der Waals surface area contributed by atoms with Crippen molar-refractivity contribution in [1.29, 1.82) is 0 Å². The predicted octanol–water partition coefficient (Wildman–Crippen LogP) is 2.91. The van der Waals surface area contributed by atoms with Crippen molar-refractivity contribution in [3.8, 4) is 0 Å². The number of aromatic amines is 1. The van der Waals surface area contributed by atoms with Crippen LogP contribution < -0.4 is 10.6 Å². The van der Waals surface area contributed by atoms with Crippen LogP contribution in [0.2, 0.25) is 0 Å². The topological polar surface area (TPSA) is 120 Å². The van der Waals surface area contributed by atoms with E-state index in [0.717, 1.165) is 18.5 Å². The fourth-order valence-electron chi connectivity index (χ4n) is 3.81. The number of piperidine rings is 1. The summed E-state index contributed by atoms with van der Waals surface area (Å²) in [6.45, 7) is 2.99. The van der Waals surface area contributed by atoms with Crippen molar-refractivity contribution in [2.75, 3.05) is 18.4 Å². The second-order valence-corrected chi connectivity index (χ2v) is 7.80. The number of rotatable bonds is 6. The Kier molecular flexibility index (Phi) is 6.34. The van der Waals surface area contributed by atoms with Crippen molar-refractivity contribution in [1.82, 2.24) is 20.4 Å². The highest BCUT2D eigenvalue weighted by Crippen LogP contribution is 2.28. The van der Waals surface area contributed by atoms with Gasteiger partial charge in [0.15, 0.2) is 0 Å². The largest absolute Gasteiger partial charge is 0.467 e. The molecule has 166 valence electrons. The Morgan fingerprint density at radius 1 is 1.16 bits per heavy atom. The van der Waals surface area contributed by atoms with Crippen LogP contribution in [0.5, 0.6) is 0 Å². The molecule has 1 saturated heterocycles. The number of H-pyrrole nitrogens is 1. The zero-order valence-corrected chi connectivity index (χ0v) is 17.8. The number of likely N-dealkylation sites (tertiary alicyclic amines) is 1. The van der Waals surface area contributed by atoms with Crippen LogP contribution in [0.4, 0.5) is 5.69 Å². The highest BCUT2D eigenvalue weighted by Gasteiger charge is 2.26. The van der Waals surface area contributed by atoms with Crippen LogP contribution in [-0.4, -0.2) is 45.9 Å². The molecule has 9 nitrogen and oxygen atoms in total. The number of hydrogen-bond donors (Lipinski definition) is 3. The van der Waals surface area contributed by atoms with Crippen molar-refractivity contribution in [3.63, 3.8) is 0 Å². The average Bonchev–Trinajstić information content (AvgIpc) is 3.50. The highest BCUT2D eigenvalue weighted by atomic mass is 16.3. The lowest BCUT2D eigenvalue weighted by Gasteiger charge is -2.31. The fourth-order valence-corrected chi connectivity index (χ4v) is 3.81. The molecule has 4 rings (SSSR count). The van der Waals surface area contributed by atoms with E-state index in [-0.39, 0.29) is 23.6 Å². The molecule has 2 aromatic heterocycles. The monoisotopic (exact) mass is 435 g/mol. The van der Waals surface area contributed by atoms with Crippen LogP contribution in [-0.2, 0) is 11.3 Å². The SMILES string of the molecule is CC(=O)Nc1ccc(C(=O)N2CCC(c3cc(C(=O)NCc4ccco4)n[nH]3)CC2)cc1. The number of benzene rings is 1. The normalized spacial score (nSPS) is 14.2. The maximum atomic E-state index is 12.8. The van der Waals surface area contributed by atoms with Gasteiger partial charge in [-0.15, -0.1) is 0 Å². The molecule has 0 unspecified atom stereocenters. The summed E-state index contributed by atoms with van der Waals surface area (Å²) in [7, 11) is 0. The lowest BCUT2D eigenvalue weighted by molar-refractivity contribution is -0.114. The molecule has 3 heterocycles. The third-order valence-electron chi connectivity index (χ3n) is 5.51. The third kappa shape index (κ3) is 5.05. The zero-order valence-electron chi connectivity index (χ0n) is 17.8. The summed E-state index contributed by atoms with van der Waals surface area (Å²) < 4.78 is 5.21. The van der Waals surface area contributed by atoms with Crippen molar-refractivity contribution in [2.45, 2.75) is 32.2 Å². The summed E-state index contributed by atoms with van der Waals surface area (Å²) in [5, 5.41) is 12.6. The molecule has 3 aromatic rings. The molecular formula is C23H25N5O4. The summed E-state index contributed by atoms with van der Waals surface area (Å²) in [5.41, 5.74) is 2.50. The minimum Gasteiger partial charge on any atom is -0.467 e. The number of aromatic nitrogens is 2. The number of anilines is 1. The summed E-state index contributed by atoms with van der Waals surface area (Å²) in [4.78, 5) is 38.1. The van der Waals surface area contributed by atoms with Crippen molar-refractivity contribution in [2.24, 2.45) is 0 Å². The number of hydrogen-bond acceptors (Lipinski definition) is 5. The number of carbonyl (C=O) groups excluding carboxylic acids is 3. The first-order chi connectivity index (χ1) is 15.5. The van der Waals surface area contributed by atoms with Gasteiger partial charge in [-0.25, -0.2) is 0 Å². The van der Waals surface area contributed by atoms with E-state index >= 15 is 0 Å². The summed E-state index contributed by atoms with van der Waals surface area (Å²) in [6, 6.07) is 12.2. The minimum absolute atomic E-state index is 0.0274. The summed E-state index contributed by atoms with van der Waals surface area (Å²) in [5.74, 6) is 0.444. The molecule has 1 fully saturated rings. The van der Waals surface area contributed by atoms with Gasteiger partial charge in [0.05, 0.1) is 12.8 Å². The van der Waals surface area contributed by atoms with Crippen molar-refractivity contribution >= 4 is 23.4 Å². The fraction of sp³-hybridized carbons (Fsp3) is 0.304. The first-order valence-corrected chi connectivity index (χ1v) is 10.5. The quantitative estimate of drug-likeness (QED) is 0.550. The zero-order chi connectivity index (χ0) is 22.5. The third-order valence-corrected chi connectivity index (χ3v) is 5.51. The van der Waals surface area contributed by atoms with Gasteiger partial charge in [0.25, 0.3) is 11.8 Å². The molecule has 3 amide bonds. The second-order valence-electron chi connectivity index (χ2n) is 7.80. The van der Waals surface area contributed by atoms with Gasteiger partial charge < -0.3 is 20.0 Å². The molecular weight excluding hydrogens is 410 g/mol. The van der Waals surface area contributed by atoms with Crippen LogP contribution in [0.1, 0.15) is 58.0 Å². The minimum atomic E-state index is -0.265. The number of carbonyl (C=O) groups is 3. The van der Waals surface area contributed by atoms with Gasteiger partial charge in [-0.05, 0) is 55.3 Å². The van der Waals surface area contributed by atoms with E-state index in [2.05, 4.69) is 20.8 Å². The van der Waals surface area contributed by atoms with Gasteiger partial charge in [0.2, 0.25) is 5.91 Å². The van der Waals surface area contributed by atoms with Gasteiger partial charge in [-0.2, -0.15) is 5.10 Å². The lowest BCUT2D eigenvalue weighted by Crippen LogP contribution is -2.38. The van der Waals surface area contributed by atoms with Crippen molar-refractivity contribution < 1.29 is 18.8 Å². The predicted molar refractivity (Wildman–Crippen MR) is 117 cm³/mol. The second kappa shape index (κ2) is 9.51. The number of furan rings is 1. The van der Waals surface area contributed by atoms with E-state index in [9.17, 15) is 14.4 Å². The standard InChI is InChI=1S/C23H25N5O4/c1-15(29)25-18-6-4-17(5-7-18)23(31)28-10-8-16(9-11-28)20-13-21(27-26-20)22(30)24-14-19-3-2-12-32-19/h2-7,12-13,16H,8-11,14H2,1H3,(H,24,30)(H,25,29)(H,26,27). The highest BCUT2D eigenvalue weighted by molar-refractivity contribution is 5.95. The van der Waals surface area contributed by atoms with E-state index in [1.807, 2.05) is 4.90 Å². The summed E-state index contributed by atoms with van der Waals surface area (Å²) in [6.07, 6.45) is 3.13. The van der Waals surface area contributed by atoms with Crippen LogP contribution in [0.25, 0.3) is 0 Å². The first kappa shape index (κ1) is 21.4.